The van der Waals surface area contributed by atoms with Gasteiger partial charge >= 0.3 is 5.69 Å². The number of rotatable bonds is 4. The van der Waals surface area contributed by atoms with Gasteiger partial charge in [-0.15, -0.1) is 0 Å². The Kier molecular flexibility index (Phi) is 4.16. The summed E-state index contributed by atoms with van der Waals surface area (Å²) in [5.41, 5.74) is 0.177. The number of pyridine rings is 1. The van der Waals surface area contributed by atoms with Crippen molar-refractivity contribution in [2.75, 3.05) is 0 Å². The molecule has 0 aliphatic rings. The van der Waals surface area contributed by atoms with E-state index in [0.29, 0.717) is 5.56 Å². The van der Waals surface area contributed by atoms with Crippen LogP contribution in [0, 0.1) is 10.1 Å². The molecule has 1 aromatic carbocycles. The van der Waals surface area contributed by atoms with Crippen molar-refractivity contribution in [3.8, 4) is 11.6 Å². The molecule has 7 heteroatoms. The van der Waals surface area contributed by atoms with E-state index in [-0.39, 0.29) is 22.3 Å². The molecule has 20 heavy (non-hydrogen) atoms. The molecule has 0 amide bonds. The van der Waals surface area contributed by atoms with Crippen LogP contribution in [0.4, 0.5) is 5.69 Å². The van der Waals surface area contributed by atoms with Crippen LogP contribution in [0.1, 0.15) is 18.6 Å². The Morgan fingerprint density at radius 1 is 1.45 bits per heavy atom. The topological polar surface area (TPSA) is 85.5 Å². The number of hydrogen-bond acceptors (Lipinski definition) is 5. The SMILES string of the molecule is C[C@@H](O)c1cccnc1Oc1ccc(Cl)cc1[N+](=O)[O-]. The molecule has 2 aromatic rings. The molecular weight excluding hydrogens is 284 g/mol. The Morgan fingerprint density at radius 2 is 2.20 bits per heavy atom. The van der Waals surface area contributed by atoms with E-state index >= 15 is 0 Å². The van der Waals surface area contributed by atoms with Crippen molar-refractivity contribution in [3.63, 3.8) is 0 Å². The lowest BCUT2D eigenvalue weighted by Crippen LogP contribution is -2.00. The molecule has 1 N–H and O–H groups in total. The van der Waals surface area contributed by atoms with Crippen molar-refractivity contribution in [2.24, 2.45) is 0 Å². The minimum Gasteiger partial charge on any atom is -0.431 e. The fourth-order valence-electron chi connectivity index (χ4n) is 1.63. The molecule has 0 aliphatic carbocycles. The molecule has 0 radical (unpaired) electrons. The Morgan fingerprint density at radius 3 is 2.85 bits per heavy atom. The van der Waals surface area contributed by atoms with Crippen molar-refractivity contribution in [2.45, 2.75) is 13.0 Å². The van der Waals surface area contributed by atoms with E-state index < -0.39 is 11.0 Å². The standard InChI is InChI=1S/C13H11ClN2O4/c1-8(17)10-3-2-6-15-13(10)20-12-5-4-9(14)7-11(12)16(18)19/h2-8,17H,1H3/t8-/m1/s1. The largest absolute Gasteiger partial charge is 0.431 e. The smallest absolute Gasteiger partial charge is 0.313 e. The highest BCUT2D eigenvalue weighted by atomic mass is 35.5. The Balaban J connectivity index is 2.43. The summed E-state index contributed by atoms with van der Waals surface area (Å²) in [6.45, 7) is 1.56. The quantitative estimate of drug-likeness (QED) is 0.689. The number of ether oxygens (including phenoxy) is 1. The van der Waals surface area contributed by atoms with Crippen LogP contribution in [0.5, 0.6) is 11.6 Å². The molecular formula is C13H11ClN2O4. The number of aliphatic hydroxyl groups excluding tert-OH is 1. The van der Waals surface area contributed by atoms with Crippen LogP contribution in [-0.2, 0) is 0 Å². The predicted molar refractivity (Wildman–Crippen MR) is 73.1 cm³/mol. The van der Waals surface area contributed by atoms with Gasteiger partial charge < -0.3 is 9.84 Å². The molecule has 104 valence electrons. The zero-order valence-corrected chi connectivity index (χ0v) is 11.2. The molecule has 0 unspecified atom stereocenters. The second-order valence-electron chi connectivity index (χ2n) is 4.04. The molecule has 0 saturated carbocycles. The first-order chi connectivity index (χ1) is 9.49. The van der Waals surface area contributed by atoms with Crippen LogP contribution in [0.15, 0.2) is 36.5 Å². The lowest BCUT2D eigenvalue weighted by atomic mass is 10.2. The second-order valence-corrected chi connectivity index (χ2v) is 4.48. The lowest BCUT2D eigenvalue weighted by Gasteiger charge is -2.11. The summed E-state index contributed by atoms with van der Waals surface area (Å²) in [4.78, 5) is 14.4. The van der Waals surface area contributed by atoms with Gasteiger partial charge in [0, 0.05) is 22.8 Å². The van der Waals surface area contributed by atoms with Crippen LogP contribution in [0.25, 0.3) is 0 Å². The van der Waals surface area contributed by atoms with Gasteiger partial charge in [0.25, 0.3) is 0 Å². The number of nitro benzene ring substituents is 1. The van der Waals surface area contributed by atoms with Gasteiger partial charge in [-0.05, 0) is 31.2 Å². The first-order valence-electron chi connectivity index (χ1n) is 5.74. The van der Waals surface area contributed by atoms with E-state index in [1.54, 1.807) is 19.1 Å². The summed E-state index contributed by atoms with van der Waals surface area (Å²) in [6, 6.07) is 7.34. The Bertz CT molecular complexity index is 646. The van der Waals surface area contributed by atoms with Crippen LogP contribution in [-0.4, -0.2) is 15.0 Å². The normalized spacial score (nSPS) is 11.9. The summed E-state index contributed by atoms with van der Waals surface area (Å²) in [6.07, 6.45) is 0.674. The van der Waals surface area contributed by atoms with Gasteiger partial charge in [0.05, 0.1) is 11.0 Å². The van der Waals surface area contributed by atoms with E-state index in [9.17, 15) is 15.2 Å². The Hall–Kier alpha value is -2.18. The Labute approximate surface area is 119 Å². The lowest BCUT2D eigenvalue weighted by molar-refractivity contribution is -0.385. The van der Waals surface area contributed by atoms with Gasteiger partial charge in [-0.2, -0.15) is 0 Å². The van der Waals surface area contributed by atoms with Crippen LogP contribution < -0.4 is 4.74 Å². The molecule has 1 heterocycles. The number of halogens is 1. The predicted octanol–water partition coefficient (Wildman–Crippen LogP) is 3.49. The van der Waals surface area contributed by atoms with Crippen LogP contribution >= 0.6 is 11.6 Å². The molecule has 2 rings (SSSR count). The highest BCUT2D eigenvalue weighted by molar-refractivity contribution is 6.30. The van der Waals surface area contributed by atoms with Crippen LogP contribution in [0.2, 0.25) is 5.02 Å². The number of nitrogens with zero attached hydrogens (tertiary/aromatic N) is 2. The van der Waals surface area contributed by atoms with Crippen molar-refractivity contribution in [3.05, 3.63) is 57.2 Å². The van der Waals surface area contributed by atoms with E-state index in [1.807, 2.05) is 0 Å². The van der Waals surface area contributed by atoms with Crippen LogP contribution in [0.3, 0.4) is 0 Å². The maximum absolute atomic E-state index is 11.0. The number of aliphatic hydroxyl groups is 1. The van der Waals surface area contributed by atoms with Gasteiger partial charge in [0.15, 0.2) is 0 Å². The summed E-state index contributed by atoms with van der Waals surface area (Å²) >= 11 is 5.73. The van der Waals surface area contributed by atoms with Crippen molar-refractivity contribution >= 4 is 17.3 Å². The van der Waals surface area contributed by atoms with E-state index in [0.717, 1.165) is 0 Å². The fourth-order valence-corrected chi connectivity index (χ4v) is 1.80. The molecule has 0 aliphatic heterocycles. The molecule has 6 nitrogen and oxygen atoms in total. The first kappa shape index (κ1) is 14.2. The minimum atomic E-state index is -0.801. The maximum Gasteiger partial charge on any atom is 0.313 e. The van der Waals surface area contributed by atoms with E-state index in [1.165, 1.54) is 24.4 Å². The van der Waals surface area contributed by atoms with Crippen molar-refractivity contribution < 1.29 is 14.8 Å². The molecule has 0 spiro atoms. The number of aromatic nitrogens is 1. The highest BCUT2D eigenvalue weighted by Gasteiger charge is 2.19. The number of nitro groups is 1. The van der Waals surface area contributed by atoms with Crippen molar-refractivity contribution in [1.29, 1.82) is 0 Å². The van der Waals surface area contributed by atoms with Crippen molar-refractivity contribution in [1.82, 2.24) is 4.98 Å². The summed E-state index contributed by atoms with van der Waals surface area (Å²) < 4.78 is 5.45. The second kappa shape index (κ2) is 5.85. The minimum absolute atomic E-state index is 0.0139. The summed E-state index contributed by atoms with van der Waals surface area (Å²) in [7, 11) is 0. The van der Waals surface area contributed by atoms with Gasteiger partial charge in [0.2, 0.25) is 11.6 Å². The van der Waals surface area contributed by atoms with E-state index in [2.05, 4.69) is 4.98 Å². The number of benzene rings is 1. The van der Waals surface area contributed by atoms with Gasteiger partial charge in [-0.3, -0.25) is 10.1 Å². The van der Waals surface area contributed by atoms with Gasteiger partial charge in [0.1, 0.15) is 0 Å². The number of hydrogen-bond donors (Lipinski definition) is 1. The summed E-state index contributed by atoms with van der Waals surface area (Å²) in [5, 5.41) is 20.8. The van der Waals surface area contributed by atoms with E-state index in [4.69, 9.17) is 16.3 Å². The fraction of sp³-hybridized carbons (Fsp3) is 0.154. The summed E-state index contributed by atoms with van der Waals surface area (Å²) in [5.74, 6) is 0.132. The molecule has 1 aromatic heterocycles. The average Bonchev–Trinajstić information content (AvgIpc) is 2.41. The molecule has 0 saturated heterocycles. The monoisotopic (exact) mass is 294 g/mol. The molecule has 1 atom stereocenters. The third-order valence-corrected chi connectivity index (χ3v) is 2.81. The van der Waals surface area contributed by atoms with Gasteiger partial charge in [-0.25, -0.2) is 4.98 Å². The maximum atomic E-state index is 11.0. The zero-order valence-electron chi connectivity index (χ0n) is 10.5. The van der Waals surface area contributed by atoms with Gasteiger partial charge in [-0.1, -0.05) is 11.6 Å². The molecule has 0 fully saturated rings. The first-order valence-corrected chi connectivity index (χ1v) is 6.11. The third kappa shape index (κ3) is 3.04. The molecule has 0 bridgehead atoms. The average molecular weight is 295 g/mol. The third-order valence-electron chi connectivity index (χ3n) is 2.57. The highest BCUT2D eigenvalue weighted by Crippen LogP contribution is 2.35. The zero-order chi connectivity index (χ0) is 14.7.